The van der Waals surface area contributed by atoms with Crippen LogP contribution in [0.25, 0.3) is 0 Å². The molecule has 2 unspecified atom stereocenters. The zero-order valence-corrected chi connectivity index (χ0v) is 19.2. The SMILES string of the molecule is CNC(=O)C(NC(CCc1ccc(C(F)(F)F)cc1)c1ccc(Cl)c(C)c1)c1ccccc1. The van der Waals surface area contributed by atoms with Gasteiger partial charge in [0.15, 0.2) is 0 Å². The van der Waals surface area contributed by atoms with Crippen molar-refractivity contribution < 1.29 is 18.0 Å². The lowest BCUT2D eigenvalue weighted by Gasteiger charge is -2.26. The van der Waals surface area contributed by atoms with Crippen molar-refractivity contribution in [1.82, 2.24) is 10.6 Å². The number of halogens is 4. The molecule has 174 valence electrons. The second-order valence-electron chi connectivity index (χ2n) is 7.92. The van der Waals surface area contributed by atoms with Crippen LogP contribution in [0.2, 0.25) is 5.02 Å². The number of likely N-dealkylation sites (N-methyl/N-ethyl adjacent to an activating group) is 1. The van der Waals surface area contributed by atoms with Gasteiger partial charge in [-0.05, 0) is 60.2 Å². The summed E-state index contributed by atoms with van der Waals surface area (Å²) in [5.74, 6) is -0.175. The molecule has 33 heavy (non-hydrogen) atoms. The van der Waals surface area contributed by atoms with Gasteiger partial charge in [-0.1, -0.05) is 66.2 Å². The third-order valence-corrected chi connectivity index (χ3v) is 6.02. The summed E-state index contributed by atoms with van der Waals surface area (Å²) in [5, 5.41) is 6.81. The van der Waals surface area contributed by atoms with E-state index in [0.717, 1.165) is 34.4 Å². The zero-order chi connectivity index (χ0) is 24.0. The number of aryl methyl sites for hydroxylation is 2. The highest BCUT2D eigenvalue weighted by molar-refractivity contribution is 6.31. The molecule has 7 heteroatoms. The Morgan fingerprint density at radius 1 is 0.970 bits per heavy atom. The average Bonchev–Trinajstić information content (AvgIpc) is 2.81. The Morgan fingerprint density at radius 2 is 1.64 bits per heavy atom. The Balaban J connectivity index is 1.87. The molecular weight excluding hydrogens is 449 g/mol. The first kappa shape index (κ1) is 24.8. The number of amides is 1. The van der Waals surface area contributed by atoms with E-state index < -0.39 is 17.8 Å². The normalized spacial score (nSPS) is 13.4. The van der Waals surface area contributed by atoms with Gasteiger partial charge >= 0.3 is 6.18 Å². The summed E-state index contributed by atoms with van der Waals surface area (Å²) in [4.78, 5) is 12.7. The van der Waals surface area contributed by atoms with Crippen LogP contribution in [0.4, 0.5) is 13.2 Å². The van der Waals surface area contributed by atoms with E-state index in [1.165, 1.54) is 12.1 Å². The molecular formula is C26H26ClF3N2O. The fourth-order valence-electron chi connectivity index (χ4n) is 3.72. The van der Waals surface area contributed by atoms with E-state index in [9.17, 15) is 18.0 Å². The summed E-state index contributed by atoms with van der Waals surface area (Å²) in [6.07, 6.45) is -3.25. The summed E-state index contributed by atoms with van der Waals surface area (Å²) >= 11 is 6.21. The molecule has 3 aromatic rings. The van der Waals surface area contributed by atoms with Gasteiger partial charge in [-0.25, -0.2) is 0 Å². The summed E-state index contributed by atoms with van der Waals surface area (Å²) in [6.45, 7) is 1.91. The Kier molecular flexibility index (Phi) is 8.16. The molecule has 3 nitrogen and oxygen atoms in total. The molecule has 0 saturated carbocycles. The molecule has 1 amide bonds. The van der Waals surface area contributed by atoms with Crippen molar-refractivity contribution in [1.29, 1.82) is 0 Å². The van der Waals surface area contributed by atoms with Crippen LogP contribution in [0.3, 0.4) is 0 Å². The number of hydrogen-bond acceptors (Lipinski definition) is 2. The Labute approximate surface area is 197 Å². The van der Waals surface area contributed by atoms with E-state index in [4.69, 9.17) is 11.6 Å². The Hall–Kier alpha value is -2.83. The fourth-order valence-corrected chi connectivity index (χ4v) is 3.83. The number of rotatable bonds is 8. The standard InChI is InChI=1S/C26H26ClF3N2O/c1-17-16-20(11-14-22(17)27)23(15-10-18-8-12-21(13-9-18)26(28,29)30)32-24(25(33)31-2)19-6-4-3-5-7-19/h3-9,11-14,16,23-24,32H,10,15H2,1-2H3,(H,31,33). The van der Waals surface area contributed by atoms with Gasteiger partial charge in [0.2, 0.25) is 5.91 Å². The van der Waals surface area contributed by atoms with Crippen molar-refractivity contribution in [2.75, 3.05) is 7.05 Å². The first-order valence-corrected chi connectivity index (χ1v) is 11.0. The summed E-state index contributed by atoms with van der Waals surface area (Å²) < 4.78 is 38.6. The number of benzene rings is 3. The molecule has 0 aliphatic carbocycles. The van der Waals surface area contributed by atoms with Crippen molar-refractivity contribution >= 4 is 17.5 Å². The molecule has 0 radical (unpaired) electrons. The summed E-state index contributed by atoms with van der Waals surface area (Å²) in [6, 6.07) is 19.5. The maximum absolute atomic E-state index is 12.9. The van der Waals surface area contributed by atoms with E-state index in [1.54, 1.807) is 7.05 Å². The number of carbonyl (C=O) groups is 1. The van der Waals surface area contributed by atoms with Crippen molar-refractivity contribution in [2.45, 2.75) is 38.0 Å². The second kappa shape index (κ2) is 10.9. The molecule has 0 saturated heterocycles. The largest absolute Gasteiger partial charge is 0.416 e. The molecule has 0 aliphatic heterocycles. The van der Waals surface area contributed by atoms with Crippen LogP contribution >= 0.6 is 11.6 Å². The van der Waals surface area contributed by atoms with Crippen molar-refractivity contribution in [3.8, 4) is 0 Å². The molecule has 3 aromatic carbocycles. The van der Waals surface area contributed by atoms with Gasteiger partial charge in [-0.2, -0.15) is 13.2 Å². The Morgan fingerprint density at radius 3 is 2.21 bits per heavy atom. The van der Waals surface area contributed by atoms with E-state index in [-0.39, 0.29) is 11.9 Å². The van der Waals surface area contributed by atoms with Crippen LogP contribution in [0.5, 0.6) is 0 Å². The van der Waals surface area contributed by atoms with Crippen LogP contribution < -0.4 is 10.6 Å². The van der Waals surface area contributed by atoms with Crippen LogP contribution in [0.1, 0.15) is 46.3 Å². The topological polar surface area (TPSA) is 41.1 Å². The van der Waals surface area contributed by atoms with E-state index in [0.29, 0.717) is 17.9 Å². The van der Waals surface area contributed by atoms with E-state index in [1.807, 2.05) is 55.5 Å². The van der Waals surface area contributed by atoms with Gasteiger partial charge in [0, 0.05) is 18.1 Å². The third-order valence-electron chi connectivity index (χ3n) is 5.60. The molecule has 0 fully saturated rings. The predicted octanol–water partition coefficient (Wildman–Crippen LogP) is 6.42. The molecule has 2 atom stereocenters. The van der Waals surface area contributed by atoms with Crippen molar-refractivity contribution in [2.24, 2.45) is 0 Å². The van der Waals surface area contributed by atoms with Crippen LogP contribution in [-0.2, 0) is 17.4 Å². The molecule has 0 spiro atoms. The van der Waals surface area contributed by atoms with E-state index in [2.05, 4.69) is 10.6 Å². The average molecular weight is 475 g/mol. The minimum atomic E-state index is -4.36. The van der Waals surface area contributed by atoms with Crippen LogP contribution in [0, 0.1) is 6.92 Å². The number of hydrogen-bond donors (Lipinski definition) is 2. The highest BCUT2D eigenvalue weighted by Crippen LogP contribution is 2.30. The smallest absolute Gasteiger partial charge is 0.358 e. The maximum atomic E-state index is 12.9. The second-order valence-corrected chi connectivity index (χ2v) is 8.33. The molecule has 0 heterocycles. The molecule has 0 aliphatic rings. The van der Waals surface area contributed by atoms with Crippen molar-refractivity contribution in [3.05, 3.63) is 106 Å². The van der Waals surface area contributed by atoms with Crippen molar-refractivity contribution in [3.63, 3.8) is 0 Å². The lowest BCUT2D eigenvalue weighted by Crippen LogP contribution is -2.38. The highest BCUT2D eigenvalue weighted by atomic mass is 35.5. The third kappa shape index (κ3) is 6.59. The van der Waals surface area contributed by atoms with Crippen LogP contribution in [-0.4, -0.2) is 13.0 Å². The molecule has 0 bridgehead atoms. The summed E-state index contributed by atoms with van der Waals surface area (Å²) in [7, 11) is 1.59. The molecule has 2 N–H and O–H groups in total. The minimum absolute atomic E-state index is 0.175. The number of carbonyl (C=O) groups excluding carboxylic acids is 1. The van der Waals surface area contributed by atoms with Crippen LogP contribution in [0.15, 0.2) is 72.8 Å². The maximum Gasteiger partial charge on any atom is 0.416 e. The van der Waals surface area contributed by atoms with Gasteiger partial charge in [-0.3, -0.25) is 10.1 Å². The first-order valence-electron chi connectivity index (χ1n) is 10.6. The lowest BCUT2D eigenvalue weighted by molar-refractivity contribution is -0.137. The first-order chi connectivity index (χ1) is 15.7. The van der Waals surface area contributed by atoms with Gasteiger partial charge in [0.05, 0.1) is 5.56 Å². The molecule has 3 rings (SSSR count). The highest BCUT2D eigenvalue weighted by Gasteiger charge is 2.30. The quantitative estimate of drug-likeness (QED) is 0.395. The number of nitrogens with one attached hydrogen (secondary N) is 2. The van der Waals surface area contributed by atoms with Gasteiger partial charge in [-0.15, -0.1) is 0 Å². The fraction of sp³-hybridized carbons (Fsp3) is 0.269. The summed E-state index contributed by atoms with van der Waals surface area (Å²) in [5.41, 5.74) is 2.80. The number of alkyl halides is 3. The van der Waals surface area contributed by atoms with E-state index >= 15 is 0 Å². The Bertz CT molecular complexity index is 1070. The van der Waals surface area contributed by atoms with Gasteiger partial charge < -0.3 is 5.32 Å². The predicted molar refractivity (Wildman–Crippen MR) is 125 cm³/mol. The lowest BCUT2D eigenvalue weighted by atomic mass is 9.95. The molecule has 0 aromatic heterocycles. The minimum Gasteiger partial charge on any atom is -0.358 e. The van der Waals surface area contributed by atoms with Gasteiger partial charge in [0.1, 0.15) is 6.04 Å². The zero-order valence-electron chi connectivity index (χ0n) is 18.4. The monoisotopic (exact) mass is 474 g/mol. The van der Waals surface area contributed by atoms with Gasteiger partial charge in [0.25, 0.3) is 0 Å².